The Bertz CT molecular complexity index is 1180. The van der Waals surface area contributed by atoms with E-state index in [-0.39, 0.29) is 24.1 Å². The minimum atomic E-state index is -3.65. The highest BCUT2D eigenvalue weighted by Crippen LogP contribution is 2.25. The summed E-state index contributed by atoms with van der Waals surface area (Å²) in [6.07, 6.45) is 0.737. The summed E-state index contributed by atoms with van der Waals surface area (Å²) in [6.45, 7) is 7.54. The zero-order valence-corrected chi connectivity index (χ0v) is 19.7. The van der Waals surface area contributed by atoms with Gasteiger partial charge in [0.2, 0.25) is 5.89 Å². The maximum atomic E-state index is 12.6. The van der Waals surface area contributed by atoms with Crippen molar-refractivity contribution in [1.29, 1.82) is 0 Å². The number of oxazole rings is 1. The summed E-state index contributed by atoms with van der Waals surface area (Å²) in [5, 5.41) is 0. The summed E-state index contributed by atoms with van der Waals surface area (Å²) < 4.78 is 36.5. The van der Waals surface area contributed by atoms with Gasteiger partial charge >= 0.3 is 0 Å². The molecule has 3 aromatic rings. The molecule has 0 radical (unpaired) electrons. The van der Waals surface area contributed by atoms with E-state index >= 15 is 0 Å². The van der Waals surface area contributed by atoms with Crippen molar-refractivity contribution in [2.24, 2.45) is 0 Å². The molecule has 32 heavy (non-hydrogen) atoms. The highest BCUT2D eigenvalue weighted by Gasteiger charge is 2.22. The molecule has 0 atom stereocenters. The molecular weight excluding hydrogens is 426 g/mol. The first-order chi connectivity index (χ1) is 15.1. The number of aryl methyl sites for hydroxylation is 3. The second-order valence-corrected chi connectivity index (χ2v) is 10.3. The maximum absolute atomic E-state index is 12.6. The van der Waals surface area contributed by atoms with Crippen LogP contribution in [-0.2, 0) is 26.8 Å². The van der Waals surface area contributed by atoms with E-state index in [2.05, 4.69) is 4.98 Å². The molecule has 0 aliphatic rings. The van der Waals surface area contributed by atoms with Gasteiger partial charge in [-0.1, -0.05) is 30.3 Å². The number of rotatable bonds is 10. The maximum Gasteiger partial charge on any atom is 0.226 e. The molecule has 0 unspecified atom stereocenters. The number of Topliss-reactive ketones (excluding diaryl/α,β-unsaturated/α-hetero) is 1. The van der Waals surface area contributed by atoms with Crippen molar-refractivity contribution in [1.82, 2.24) is 4.98 Å². The van der Waals surface area contributed by atoms with Crippen molar-refractivity contribution < 1.29 is 22.4 Å². The van der Waals surface area contributed by atoms with Gasteiger partial charge in [0.25, 0.3) is 0 Å². The summed E-state index contributed by atoms with van der Waals surface area (Å²) in [5.74, 6) is 0.470. The van der Waals surface area contributed by atoms with Crippen LogP contribution in [0.5, 0.6) is 5.75 Å². The number of aromatic nitrogens is 1. The van der Waals surface area contributed by atoms with Gasteiger partial charge in [-0.15, -0.1) is 0 Å². The highest BCUT2D eigenvalue weighted by atomic mass is 32.2. The first-order valence-electron chi connectivity index (χ1n) is 10.6. The number of sulfone groups is 1. The molecule has 0 bridgehead atoms. The first-order valence-corrected chi connectivity index (χ1v) is 12.4. The molecule has 0 aliphatic heterocycles. The number of ether oxygens (including phenoxy) is 1. The number of hydrogen-bond acceptors (Lipinski definition) is 6. The van der Waals surface area contributed by atoms with Gasteiger partial charge in [-0.05, 0) is 63.4 Å². The van der Waals surface area contributed by atoms with Crippen LogP contribution in [0.1, 0.15) is 42.8 Å². The fourth-order valence-corrected chi connectivity index (χ4v) is 4.78. The van der Waals surface area contributed by atoms with Gasteiger partial charge < -0.3 is 9.15 Å². The number of ketones is 1. The largest absolute Gasteiger partial charge is 0.491 e. The number of benzene rings is 2. The van der Waals surface area contributed by atoms with Crippen LogP contribution in [0.3, 0.4) is 0 Å². The minimum Gasteiger partial charge on any atom is -0.491 e. The molecule has 0 aliphatic carbocycles. The zero-order valence-electron chi connectivity index (χ0n) is 18.9. The Morgan fingerprint density at radius 1 is 1.06 bits per heavy atom. The Hall–Kier alpha value is -2.93. The first kappa shape index (κ1) is 23.7. The van der Waals surface area contributed by atoms with E-state index < -0.39 is 15.6 Å². The second-order valence-electron chi connectivity index (χ2n) is 8.22. The predicted molar refractivity (Wildman–Crippen MR) is 124 cm³/mol. The van der Waals surface area contributed by atoms with E-state index in [1.165, 1.54) is 0 Å². The van der Waals surface area contributed by atoms with Crippen LogP contribution in [-0.4, -0.2) is 31.0 Å². The van der Waals surface area contributed by atoms with Crippen LogP contribution in [0.2, 0.25) is 0 Å². The van der Waals surface area contributed by atoms with E-state index in [0.29, 0.717) is 23.8 Å². The summed E-state index contributed by atoms with van der Waals surface area (Å²) in [7, 11) is -3.65. The molecule has 0 fully saturated rings. The Labute approximate surface area is 189 Å². The van der Waals surface area contributed by atoms with Gasteiger partial charge in [0.1, 0.15) is 23.0 Å². The van der Waals surface area contributed by atoms with Crippen LogP contribution in [0, 0.1) is 13.8 Å². The van der Waals surface area contributed by atoms with Crippen LogP contribution >= 0.6 is 0 Å². The predicted octanol–water partition coefficient (Wildman–Crippen LogP) is 4.86. The van der Waals surface area contributed by atoms with E-state index in [9.17, 15) is 13.2 Å². The van der Waals surface area contributed by atoms with Gasteiger partial charge in [0.05, 0.1) is 17.6 Å². The molecule has 0 amide bonds. The average molecular weight is 456 g/mol. The Morgan fingerprint density at radius 3 is 2.41 bits per heavy atom. The third kappa shape index (κ3) is 6.53. The summed E-state index contributed by atoms with van der Waals surface area (Å²) in [6, 6.07) is 15.1. The molecular formula is C25H29NO5S. The van der Waals surface area contributed by atoms with Crippen molar-refractivity contribution in [2.75, 3.05) is 5.75 Å². The number of carbonyl (C=O) groups is 1. The molecule has 7 heteroatoms. The zero-order chi connectivity index (χ0) is 23.3. The van der Waals surface area contributed by atoms with Crippen molar-refractivity contribution >= 4 is 15.6 Å². The van der Waals surface area contributed by atoms with Gasteiger partial charge in [-0.2, -0.15) is 0 Å². The van der Waals surface area contributed by atoms with Gasteiger partial charge in [0.15, 0.2) is 9.84 Å². The van der Waals surface area contributed by atoms with E-state index in [1.54, 1.807) is 6.92 Å². The van der Waals surface area contributed by atoms with Crippen molar-refractivity contribution in [3.63, 3.8) is 0 Å². The fraction of sp³-hybridized carbons (Fsp3) is 0.360. The molecule has 6 nitrogen and oxygen atoms in total. The summed E-state index contributed by atoms with van der Waals surface area (Å²) in [5.41, 5.74) is 3.11. The van der Waals surface area contributed by atoms with Gasteiger partial charge in [-0.3, -0.25) is 4.79 Å². The van der Waals surface area contributed by atoms with Gasteiger partial charge in [0, 0.05) is 12.0 Å². The SMILES string of the molecule is Cc1ccccc1-c1nc(CS(=O)(=O)CC(=O)CCc2ccc(OC(C)C)cc2)c(C)o1. The molecule has 170 valence electrons. The molecule has 3 rings (SSSR count). The Balaban J connectivity index is 1.58. The van der Waals surface area contributed by atoms with Crippen molar-refractivity contribution in [2.45, 2.75) is 52.4 Å². The minimum absolute atomic E-state index is 0.0915. The molecule has 0 N–H and O–H groups in total. The lowest BCUT2D eigenvalue weighted by molar-refractivity contribution is -0.116. The van der Waals surface area contributed by atoms with E-state index in [1.807, 2.05) is 69.3 Å². The lowest BCUT2D eigenvalue weighted by Gasteiger charge is -2.10. The molecule has 1 aromatic heterocycles. The van der Waals surface area contributed by atoms with Crippen LogP contribution < -0.4 is 4.74 Å². The van der Waals surface area contributed by atoms with Crippen molar-refractivity contribution in [3.05, 3.63) is 71.1 Å². The summed E-state index contributed by atoms with van der Waals surface area (Å²) >= 11 is 0. The molecule has 1 heterocycles. The second kappa shape index (κ2) is 10.1. The average Bonchev–Trinajstić information content (AvgIpc) is 3.06. The van der Waals surface area contributed by atoms with Crippen LogP contribution in [0.15, 0.2) is 52.9 Å². The molecule has 2 aromatic carbocycles. The fourth-order valence-electron chi connectivity index (χ4n) is 3.36. The van der Waals surface area contributed by atoms with Gasteiger partial charge in [-0.25, -0.2) is 13.4 Å². The number of nitrogens with zero attached hydrogens (tertiary/aromatic N) is 1. The highest BCUT2D eigenvalue weighted by molar-refractivity contribution is 7.91. The third-order valence-electron chi connectivity index (χ3n) is 4.99. The summed E-state index contributed by atoms with van der Waals surface area (Å²) in [4.78, 5) is 16.7. The molecule has 0 spiro atoms. The lowest BCUT2D eigenvalue weighted by atomic mass is 10.1. The van der Waals surface area contributed by atoms with E-state index in [0.717, 1.165) is 22.4 Å². The Kier molecular flexibility index (Phi) is 7.51. The van der Waals surface area contributed by atoms with E-state index in [4.69, 9.17) is 9.15 Å². The topological polar surface area (TPSA) is 86.5 Å². The number of carbonyl (C=O) groups excluding carboxylic acids is 1. The standard InChI is InChI=1S/C25H29NO5S/c1-17(2)30-22-13-10-20(11-14-22)9-12-21(27)15-32(28,29)16-24-19(4)31-25(26-24)23-8-6-5-7-18(23)3/h5-8,10-11,13-14,17H,9,12,15-16H2,1-4H3. The molecule has 0 saturated heterocycles. The Morgan fingerprint density at radius 2 is 1.75 bits per heavy atom. The lowest BCUT2D eigenvalue weighted by Crippen LogP contribution is -2.18. The smallest absolute Gasteiger partial charge is 0.226 e. The van der Waals surface area contributed by atoms with Crippen molar-refractivity contribution in [3.8, 4) is 17.2 Å². The van der Waals surface area contributed by atoms with Crippen LogP contribution in [0.4, 0.5) is 0 Å². The quantitative estimate of drug-likeness (QED) is 0.434. The monoisotopic (exact) mass is 455 g/mol. The third-order valence-corrected chi connectivity index (χ3v) is 6.47. The normalized spacial score (nSPS) is 11.7. The molecule has 0 saturated carbocycles. The number of hydrogen-bond donors (Lipinski definition) is 0. The van der Waals surface area contributed by atoms with Crippen LogP contribution in [0.25, 0.3) is 11.5 Å².